The Kier molecular flexibility index (Phi) is 10.1. The number of furan rings is 1. The zero-order valence-electron chi connectivity index (χ0n) is 24.4. The maximum absolute atomic E-state index is 13.3. The maximum Gasteiger partial charge on any atom is -1.00 e. The molecule has 4 aliphatic rings. The minimum absolute atomic E-state index is 0. The molecule has 2 atom stereocenters. The number of benzene rings is 2. The van der Waals surface area contributed by atoms with Crippen LogP contribution in [0.2, 0.25) is 13.1 Å². The molecule has 7 rings (SSSR count). The third-order valence-corrected chi connectivity index (χ3v) is 14.8. The molecule has 3 aromatic rings. The number of hydrogen-bond donors (Lipinski definition) is 0. The fourth-order valence-corrected chi connectivity index (χ4v) is 12.0. The molecule has 2 unspecified atom stereocenters. The van der Waals surface area contributed by atoms with Crippen LogP contribution in [0.25, 0.3) is 22.4 Å². The first-order valence-corrected chi connectivity index (χ1v) is 17.8. The summed E-state index contributed by atoms with van der Waals surface area (Å²) in [6.07, 6.45) is -18.0. The summed E-state index contributed by atoms with van der Waals surface area (Å²) in [6, 6.07) is 9.64. The minimum atomic E-state index is -6.63. The van der Waals surface area contributed by atoms with E-state index in [-0.39, 0.29) is 46.1 Å². The summed E-state index contributed by atoms with van der Waals surface area (Å²) in [5.74, 6) is 2.31. The molecule has 0 fully saturated rings. The molecule has 2 bridgehead atoms. The topological polar surface area (TPSA) is 13.1 Å². The van der Waals surface area contributed by atoms with Gasteiger partial charge in [-0.25, -0.2) is 0 Å². The summed E-state index contributed by atoms with van der Waals surface area (Å²) < 4.78 is 126. The molecule has 1 nitrogen and oxygen atoms in total. The Bertz CT molecular complexity index is 1630. The van der Waals surface area contributed by atoms with Crippen molar-refractivity contribution < 1.29 is 93.5 Å². The Morgan fingerprint density at radius 3 is 1.76 bits per heavy atom. The van der Waals surface area contributed by atoms with E-state index in [1.54, 1.807) is 22.9 Å². The van der Waals surface area contributed by atoms with E-state index in [1.165, 1.54) is 36.0 Å². The van der Waals surface area contributed by atoms with E-state index in [9.17, 15) is 39.5 Å². The Morgan fingerprint density at radius 1 is 0.756 bits per heavy atom. The molecule has 0 saturated heterocycles. The Hall–Kier alpha value is -1.75. The van der Waals surface area contributed by atoms with Crippen molar-refractivity contribution in [2.45, 2.75) is 67.0 Å². The second kappa shape index (κ2) is 12.0. The SMILES string of the molecule is CC1=C2c3oc(C)cc3C1[Si]2(C)C.CC1=Cc2c(-c3ccc(C(C(F)(F)F)(C(F)(F)F)C(F)(F)F)cc3)cccc2[CH]1[Zr+2].[Cl-].[Cl-]. The van der Waals surface area contributed by atoms with Gasteiger partial charge in [-0.2, -0.15) is 0 Å². The van der Waals surface area contributed by atoms with Crippen molar-refractivity contribution in [1.82, 2.24) is 0 Å². The van der Waals surface area contributed by atoms with Crippen LogP contribution in [0.15, 0.2) is 64.1 Å². The van der Waals surface area contributed by atoms with Crippen molar-refractivity contribution in [3.63, 3.8) is 0 Å². The molecule has 2 aliphatic carbocycles. The average molecular weight is 776 g/mol. The normalized spacial score (nSPS) is 19.8. The summed E-state index contributed by atoms with van der Waals surface area (Å²) in [5.41, 5.74) is -0.514. The molecular weight excluding hydrogens is 750 g/mol. The van der Waals surface area contributed by atoms with Gasteiger partial charge in [0.05, 0.1) is 8.07 Å². The van der Waals surface area contributed by atoms with Gasteiger partial charge in [0.15, 0.2) is 0 Å². The van der Waals surface area contributed by atoms with Crippen LogP contribution in [0, 0.1) is 6.92 Å². The van der Waals surface area contributed by atoms with Gasteiger partial charge in [0.25, 0.3) is 0 Å². The zero-order valence-corrected chi connectivity index (χ0v) is 29.4. The Morgan fingerprint density at radius 2 is 1.29 bits per heavy atom. The van der Waals surface area contributed by atoms with Crippen LogP contribution in [0.4, 0.5) is 39.5 Å². The van der Waals surface area contributed by atoms with Gasteiger partial charge in [0, 0.05) is 11.1 Å². The van der Waals surface area contributed by atoms with Crippen LogP contribution in [-0.2, 0) is 30.1 Å². The number of halogens is 11. The molecule has 2 aliphatic heterocycles. The quantitative estimate of drug-likeness (QED) is 0.276. The molecule has 3 heterocycles. The third-order valence-electron chi connectivity index (χ3n) is 8.80. The van der Waals surface area contributed by atoms with Crippen molar-refractivity contribution in [3.8, 4) is 11.1 Å². The first kappa shape index (κ1) is 37.7. The van der Waals surface area contributed by atoms with E-state index in [0.29, 0.717) is 5.56 Å². The van der Waals surface area contributed by atoms with Crippen LogP contribution >= 0.6 is 0 Å². The monoisotopic (exact) mass is 773 g/mol. The van der Waals surface area contributed by atoms with Gasteiger partial charge >= 0.3 is 181 Å². The smallest absolute Gasteiger partial charge is 1.00 e. The van der Waals surface area contributed by atoms with E-state index in [4.69, 9.17) is 4.42 Å². The predicted octanol–water partition coefficient (Wildman–Crippen LogP) is 4.55. The molecule has 2 aromatic carbocycles. The summed E-state index contributed by atoms with van der Waals surface area (Å²) in [5, 5.41) is 1.60. The average Bonchev–Trinajstić information content (AvgIpc) is 3.50. The number of hydrogen-bond acceptors (Lipinski definition) is 1. The zero-order chi connectivity index (χ0) is 32.1. The van der Waals surface area contributed by atoms with Crippen molar-refractivity contribution in [2.75, 3.05) is 0 Å². The molecule has 14 heteroatoms. The number of allylic oxidation sites excluding steroid dienone is 2. The third kappa shape index (κ3) is 5.53. The summed E-state index contributed by atoms with van der Waals surface area (Å²) in [6.45, 7) is 11.1. The van der Waals surface area contributed by atoms with Crippen molar-refractivity contribution >= 4 is 19.3 Å². The number of alkyl halides is 9. The van der Waals surface area contributed by atoms with Crippen LogP contribution in [0.5, 0.6) is 0 Å². The maximum atomic E-state index is 13.3. The van der Waals surface area contributed by atoms with Gasteiger partial charge in [-0.3, -0.25) is 0 Å². The largest absolute Gasteiger partial charge is 1.00 e. The van der Waals surface area contributed by atoms with Gasteiger partial charge < -0.3 is 29.2 Å². The fourth-order valence-electron chi connectivity index (χ4n) is 6.97. The second-order valence-corrected chi connectivity index (χ2v) is 17.7. The molecule has 0 amide bonds. The molecule has 45 heavy (non-hydrogen) atoms. The minimum Gasteiger partial charge on any atom is -1.00 e. The van der Waals surface area contributed by atoms with Crippen LogP contribution < -0.4 is 24.8 Å². The van der Waals surface area contributed by atoms with Crippen molar-refractivity contribution in [1.29, 1.82) is 0 Å². The Labute approximate surface area is 283 Å². The number of rotatable bonds is 2. The molecule has 241 valence electrons. The fraction of sp³-hybridized carbons (Fsp3) is 0.355. The van der Waals surface area contributed by atoms with Gasteiger partial charge in [-0.1, -0.05) is 18.7 Å². The standard InChI is InChI=1S/C20H12F9.C11H14OSi.2ClH.Zr/c1-11-9-13-3-2-4-15(16(13)10-11)12-5-7-14(8-6-12)17(18(21,22)23,19(24,25)26)20(27,28)29;1-6-5-8-9(12-6)11-7(2)10(8)13(11,3)4;;;/h2-10H,1H3;5,10H,1-4H3;2*1H;/q;;;;+2/p-2. The first-order valence-electron chi connectivity index (χ1n) is 13.3. The first-order chi connectivity index (χ1) is 19.7. The Balaban J connectivity index is 0.000000306. The molecule has 1 aromatic heterocycles. The molecule has 0 N–H and O–H groups in total. The van der Waals surface area contributed by atoms with Crippen LogP contribution in [0.1, 0.15) is 56.8 Å². The number of aryl methyl sites for hydroxylation is 1. The molecular formula is C31H26Cl2F9OSiZr. The molecule has 0 saturated carbocycles. The van der Waals surface area contributed by atoms with E-state index >= 15 is 0 Å². The van der Waals surface area contributed by atoms with E-state index < -0.39 is 37.6 Å². The van der Waals surface area contributed by atoms with Crippen LogP contribution in [0.3, 0.4) is 0 Å². The van der Waals surface area contributed by atoms with Gasteiger partial charge in [0.2, 0.25) is 0 Å². The molecule has 0 spiro atoms. The number of fused-ring (bicyclic) bond motifs is 1. The van der Waals surface area contributed by atoms with E-state index in [1.807, 2.05) is 26.0 Å². The predicted molar refractivity (Wildman–Crippen MR) is 144 cm³/mol. The van der Waals surface area contributed by atoms with Gasteiger partial charge in [-0.15, -0.1) is 0 Å². The van der Waals surface area contributed by atoms with Crippen molar-refractivity contribution in [3.05, 3.63) is 93.5 Å². The summed E-state index contributed by atoms with van der Waals surface area (Å²) >= 11 is 1.21. The van der Waals surface area contributed by atoms with E-state index in [2.05, 4.69) is 26.1 Å². The summed E-state index contributed by atoms with van der Waals surface area (Å²) in [4.78, 5) is 0. The van der Waals surface area contributed by atoms with Crippen molar-refractivity contribution in [2.24, 2.45) is 0 Å². The van der Waals surface area contributed by atoms with E-state index in [0.717, 1.165) is 40.1 Å². The van der Waals surface area contributed by atoms with Gasteiger partial charge in [-0.05, 0) is 25.1 Å². The summed E-state index contributed by atoms with van der Waals surface area (Å²) in [7, 11) is -1.10. The molecule has 0 radical (unpaired) electrons. The van der Waals surface area contributed by atoms with Crippen LogP contribution in [-0.4, -0.2) is 26.6 Å². The second-order valence-electron chi connectivity index (χ2n) is 11.8. The van der Waals surface area contributed by atoms with Gasteiger partial charge in [0.1, 0.15) is 11.5 Å².